The predicted molar refractivity (Wildman–Crippen MR) is 59.0 cm³/mol. The summed E-state index contributed by atoms with van der Waals surface area (Å²) < 4.78 is 0. The van der Waals surface area contributed by atoms with Gasteiger partial charge in [0.05, 0.1) is 0 Å². The Kier molecular flexibility index (Phi) is 12.1. The molecule has 0 aliphatic rings. The fraction of sp³-hybridized carbons (Fsp3) is 1.00. The molecule has 0 saturated carbocycles. The standard InChI is InChI=1S/C11H24As/c1-3-5-7-8-9-11-12-10-6-4-2/h3-11H2,1-2H3. The Labute approximate surface area is 85.2 Å². The first-order valence-electron chi connectivity index (χ1n) is 5.55. The van der Waals surface area contributed by atoms with E-state index < -0.39 is 0 Å². The summed E-state index contributed by atoms with van der Waals surface area (Å²) in [5.41, 5.74) is 0. The van der Waals surface area contributed by atoms with E-state index in [1.165, 1.54) is 44.9 Å². The molecule has 0 amide bonds. The average Bonchev–Trinajstić information content (AvgIpc) is 2.10. The minimum absolute atomic E-state index is 0.726. The molecule has 0 aromatic heterocycles. The zero-order chi connectivity index (χ0) is 9.07. The molecule has 0 bridgehead atoms. The van der Waals surface area contributed by atoms with Gasteiger partial charge in [-0.2, -0.15) is 0 Å². The number of hydrogen-bond donors (Lipinski definition) is 0. The summed E-state index contributed by atoms with van der Waals surface area (Å²) in [4.78, 5) is 0. The van der Waals surface area contributed by atoms with Gasteiger partial charge in [0, 0.05) is 0 Å². The Hall–Kier alpha value is 0.558. The van der Waals surface area contributed by atoms with Crippen LogP contribution >= 0.6 is 0 Å². The first-order valence-corrected chi connectivity index (χ1v) is 8.20. The molecule has 0 rings (SSSR count). The van der Waals surface area contributed by atoms with Crippen molar-refractivity contribution in [1.82, 2.24) is 0 Å². The van der Waals surface area contributed by atoms with Crippen molar-refractivity contribution in [2.45, 2.75) is 69.2 Å². The SMILES string of the molecule is CCCCCCC[As]CCCC. The van der Waals surface area contributed by atoms with E-state index >= 15 is 0 Å². The topological polar surface area (TPSA) is 0 Å². The molecule has 73 valence electrons. The number of rotatable bonds is 9. The van der Waals surface area contributed by atoms with Crippen LogP contribution in [-0.2, 0) is 0 Å². The van der Waals surface area contributed by atoms with Gasteiger partial charge in [0.15, 0.2) is 0 Å². The van der Waals surface area contributed by atoms with Gasteiger partial charge in [-0.15, -0.1) is 0 Å². The van der Waals surface area contributed by atoms with E-state index in [0.717, 1.165) is 15.8 Å². The third kappa shape index (κ3) is 10.6. The molecule has 0 heterocycles. The average molecular weight is 231 g/mol. The van der Waals surface area contributed by atoms with Crippen molar-refractivity contribution in [3.05, 3.63) is 0 Å². The van der Waals surface area contributed by atoms with Crippen LogP contribution in [0.15, 0.2) is 0 Å². The number of unbranched alkanes of at least 4 members (excludes halogenated alkanes) is 5. The second-order valence-electron chi connectivity index (χ2n) is 3.44. The maximum atomic E-state index is 2.29. The molecule has 1 heteroatoms. The molecule has 0 unspecified atom stereocenters. The van der Waals surface area contributed by atoms with E-state index in [4.69, 9.17) is 0 Å². The summed E-state index contributed by atoms with van der Waals surface area (Å²) in [6.07, 6.45) is 10.2. The van der Waals surface area contributed by atoms with Crippen molar-refractivity contribution < 1.29 is 0 Å². The molecule has 0 aliphatic carbocycles. The van der Waals surface area contributed by atoms with E-state index in [1.54, 1.807) is 10.4 Å². The predicted octanol–water partition coefficient (Wildman–Crippen LogP) is 4.30. The first-order chi connectivity index (χ1) is 5.91. The molecule has 0 aromatic carbocycles. The van der Waals surface area contributed by atoms with Crippen LogP contribution in [0.3, 0.4) is 0 Å². The molecule has 0 atom stereocenters. The van der Waals surface area contributed by atoms with Crippen LogP contribution in [0.1, 0.15) is 58.8 Å². The Bertz CT molecular complexity index is 61.4. The zero-order valence-corrected chi connectivity index (χ0v) is 10.7. The molecular weight excluding hydrogens is 207 g/mol. The van der Waals surface area contributed by atoms with Crippen molar-refractivity contribution in [2.24, 2.45) is 0 Å². The third-order valence-electron chi connectivity index (χ3n) is 2.09. The van der Waals surface area contributed by atoms with Crippen LogP contribution in [0.2, 0.25) is 10.4 Å². The Balaban J connectivity index is 2.73. The van der Waals surface area contributed by atoms with E-state index in [2.05, 4.69) is 13.8 Å². The monoisotopic (exact) mass is 231 g/mol. The fourth-order valence-electron chi connectivity index (χ4n) is 1.21. The summed E-state index contributed by atoms with van der Waals surface area (Å²) >= 11 is 0.726. The third-order valence-corrected chi connectivity index (χ3v) is 4.74. The second kappa shape index (κ2) is 11.6. The van der Waals surface area contributed by atoms with Crippen LogP contribution in [0, 0.1) is 0 Å². The van der Waals surface area contributed by atoms with Gasteiger partial charge >= 0.3 is 85.0 Å². The Morgan fingerprint density at radius 3 is 1.92 bits per heavy atom. The fourth-order valence-corrected chi connectivity index (χ4v) is 3.75. The van der Waals surface area contributed by atoms with Gasteiger partial charge in [0.2, 0.25) is 0 Å². The molecule has 12 heavy (non-hydrogen) atoms. The Morgan fingerprint density at radius 2 is 1.25 bits per heavy atom. The van der Waals surface area contributed by atoms with Crippen LogP contribution < -0.4 is 0 Å². The molecule has 0 fully saturated rings. The molecule has 0 spiro atoms. The van der Waals surface area contributed by atoms with Crippen molar-refractivity contribution in [3.63, 3.8) is 0 Å². The molecule has 0 nitrogen and oxygen atoms in total. The van der Waals surface area contributed by atoms with Crippen LogP contribution in [0.4, 0.5) is 0 Å². The van der Waals surface area contributed by atoms with Gasteiger partial charge in [0.1, 0.15) is 0 Å². The van der Waals surface area contributed by atoms with E-state index in [9.17, 15) is 0 Å². The van der Waals surface area contributed by atoms with Gasteiger partial charge in [0.25, 0.3) is 0 Å². The summed E-state index contributed by atoms with van der Waals surface area (Å²) in [7, 11) is 0. The van der Waals surface area contributed by atoms with Crippen molar-refractivity contribution in [2.75, 3.05) is 0 Å². The van der Waals surface area contributed by atoms with Gasteiger partial charge in [-0.25, -0.2) is 0 Å². The first kappa shape index (κ1) is 12.6. The summed E-state index contributed by atoms with van der Waals surface area (Å²) in [5.74, 6) is 0. The summed E-state index contributed by atoms with van der Waals surface area (Å²) in [6.45, 7) is 4.58. The zero-order valence-electron chi connectivity index (χ0n) is 8.81. The number of hydrogen-bond acceptors (Lipinski definition) is 0. The van der Waals surface area contributed by atoms with Crippen molar-refractivity contribution in [1.29, 1.82) is 0 Å². The minimum atomic E-state index is 0.726. The van der Waals surface area contributed by atoms with Crippen molar-refractivity contribution >= 4 is 15.8 Å². The molecule has 0 N–H and O–H groups in total. The summed E-state index contributed by atoms with van der Waals surface area (Å²) in [5, 5.41) is 3.13. The van der Waals surface area contributed by atoms with Crippen molar-refractivity contribution in [3.8, 4) is 0 Å². The molecule has 0 aromatic rings. The maximum absolute atomic E-state index is 2.29. The molecule has 1 radical (unpaired) electrons. The van der Waals surface area contributed by atoms with Gasteiger partial charge in [-0.3, -0.25) is 0 Å². The quantitative estimate of drug-likeness (QED) is 0.410. The normalized spacial score (nSPS) is 11.5. The molecule has 0 saturated heterocycles. The van der Waals surface area contributed by atoms with E-state index in [0.29, 0.717) is 0 Å². The Morgan fingerprint density at radius 1 is 0.667 bits per heavy atom. The van der Waals surface area contributed by atoms with Gasteiger partial charge in [-0.1, -0.05) is 0 Å². The van der Waals surface area contributed by atoms with Crippen LogP contribution in [0.25, 0.3) is 0 Å². The van der Waals surface area contributed by atoms with Crippen LogP contribution in [-0.4, -0.2) is 15.8 Å². The van der Waals surface area contributed by atoms with Gasteiger partial charge < -0.3 is 0 Å². The van der Waals surface area contributed by atoms with Gasteiger partial charge in [-0.05, 0) is 0 Å². The van der Waals surface area contributed by atoms with Crippen LogP contribution in [0.5, 0.6) is 0 Å². The van der Waals surface area contributed by atoms with E-state index in [-0.39, 0.29) is 0 Å². The molecular formula is C11H24As. The second-order valence-corrected chi connectivity index (χ2v) is 6.25. The molecule has 0 aliphatic heterocycles. The summed E-state index contributed by atoms with van der Waals surface area (Å²) in [6, 6.07) is 0. The van der Waals surface area contributed by atoms with E-state index in [1.807, 2.05) is 0 Å².